The molecule has 0 saturated carbocycles. The van der Waals surface area contributed by atoms with E-state index in [0.29, 0.717) is 32.0 Å². The molecule has 2 aromatic rings. The Labute approximate surface area is 168 Å². The molecule has 26 heavy (non-hydrogen) atoms. The van der Waals surface area contributed by atoms with Crippen molar-refractivity contribution in [3.8, 4) is 0 Å². The number of hydrogen-bond donors (Lipinski definition) is 2. The van der Waals surface area contributed by atoms with Crippen LogP contribution in [0.15, 0.2) is 53.7 Å². The molecule has 1 aromatic carbocycles. The van der Waals surface area contributed by atoms with Gasteiger partial charge in [0.05, 0.1) is 17.8 Å². The Bertz CT molecular complexity index is 673. The van der Waals surface area contributed by atoms with E-state index in [1.807, 2.05) is 25.1 Å². The van der Waals surface area contributed by atoms with Gasteiger partial charge in [0.1, 0.15) is 0 Å². The molecule has 4 nitrogen and oxygen atoms in total. The van der Waals surface area contributed by atoms with Gasteiger partial charge in [0, 0.05) is 19.3 Å². The summed E-state index contributed by atoms with van der Waals surface area (Å²) in [7, 11) is 0. The van der Waals surface area contributed by atoms with E-state index in [-0.39, 0.29) is 24.0 Å². The Morgan fingerprint density at radius 1 is 1.08 bits per heavy atom. The number of aromatic nitrogens is 1. The summed E-state index contributed by atoms with van der Waals surface area (Å²) >= 11 is 0. The first-order chi connectivity index (χ1) is 12.0. The summed E-state index contributed by atoms with van der Waals surface area (Å²) in [5.74, 6) is 0.653. The molecule has 2 rings (SSSR count). The highest BCUT2D eigenvalue weighted by Crippen LogP contribution is 2.29. The zero-order valence-electron chi connectivity index (χ0n) is 14.4. The summed E-state index contributed by atoms with van der Waals surface area (Å²) in [6.45, 7) is 3.71. The number of benzene rings is 1. The lowest BCUT2D eigenvalue weighted by molar-refractivity contribution is -0.137. The fourth-order valence-electron chi connectivity index (χ4n) is 2.18. The zero-order chi connectivity index (χ0) is 18.1. The van der Waals surface area contributed by atoms with Crippen LogP contribution in [0.3, 0.4) is 0 Å². The molecular weight excluding hydrogens is 456 g/mol. The molecule has 1 heterocycles. The van der Waals surface area contributed by atoms with Crippen molar-refractivity contribution in [1.82, 2.24) is 15.6 Å². The lowest BCUT2D eigenvalue weighted by atomic mass is 10.1. The lowest BCUT2D eigenvalue weighted by Gasteiger charge is -2.12. The van der Waals surface area contributed by atoms with Gasteiger partial charge >= 0.3 is 6.18 Å². The topological polar surface area (TPSA) is 49.3 Å². The van der Waals surface area contributed by atoms with E-state index in [2.05, 4.69) is 20.6 Å². The normalized spacial score (nSPS) is 11.6. The Balaban J connectivity index is 0.00000338. The van der Waals surface area contributed by atoms with Crippen LogP contribution in [0.5, 0.6) is 0 Å². The first-order valence-electron chi connectivity index (χ1n) is 8.07. The number of guanidine groups is 1. The van der Waals surface area contributed by atoms with Crippen molar-refractivity contribution in [3.63, 3.8) is 0 Å². The molecule has 0 aliphatic carbocycles. The standard InChI is InChI=1S/C18H21F3N4.HI/c1-2-22-17(25-13-16-5-3-4-11-23-16)24-12-10-14-6-8-15(9-7-14)18(19,20)21;/h3-9,11H,2,10,12-13H2,1H3,(H2,22,24,25);1H. The van der Waals surface area contributed by atoms with E-state index in [4.69, 9.17) is 0 Å². The minimum absolute atomic E-state index is 0. The van der Waals surface area contributed by atoms with Crippen molar-refractivity contribution in [2.24, 2.45) is 4.99 Å². The zero-order valence-corrected chi connectivity index (χ0v) is 16.7. The van der Waals surface area contributed by atoms with Gasteiger partial charge in [-0.2, -0.15) is 13.2 Å². The molecule has 1 aromatic heterocycles. The van der Waals surface area contributed by atoms with Crippen LogP contribution in [0.1, 0.15) is 23.7 Å². The summed E-state index contributed by atoms with van der Waals surface area (Å²) in [6.07, 6.45) is -1.98. The summed E-state index contributed by atoms with van der Waals surface area (Å²) in [5.41, 5.74) is 1.07. The summed E-state index contributed by atoms with van der Waals surface area (Å²) < 4.78 is 37.6. The largest absolute Gasteiger partial charge is 0.416 e. The van der Waals surface area contributed by atoms with E-state index in [9.17, 15) is 13.2 Å². The number of hydrogen-bond acceptors (Lipinski definition) is 2. The van der Waals surface area contributed by atoms with E-state index < -0.39 is 11.7 Å². The van der Waals surface area contributed by atoms with Crippen LogP contribution in [0, 0.1) is 0 Å². The fraction of sp³-hybridized carbons (Fsp3) is 0.333. The minimum Gasteiger partial charge on any atom is -0.357 e. The van der Waals surface area contributed by atoms with Crippen LogP contribution in [-0.2, 0) is 19.1 Å². The highest BCUT2D eigenvalue weighted by Gasteiger charge is 2.29. The third-order valence-electron chi connectivity index (χ3n) is 3.46. The van der Waals surface area contributed by atoms with Crippen LogP contribution >= 0.6 is 24.0 Å². The number of rotatable bonds is 6. The number of halogens is 4. The monoisotopic (exact) mass is 478 g/mol. The van der Waals surface area contributed by atoms with Crippen molar-refractivity contribution >= 4 is 29.9 Å². The third kappa shape index (κ3) is 7.59. The van der Waals surface area contributed by atoms with Crippen LogP contribution in [0.2, 0.25) is 0 Å². The van der Waals surface area contributed by atoms with Gasteiger partial charge in [0.15, 0.2) is 5.96 Å². The van der Waals surface area contributed by atoms with E-state index in [1.54, 1.807) is 6.20 Å². The molecule has 0 aliphatic heterocycles. The molecule has 0 aliphatic rings. The summed E-state index contributed by atoms with van der Waals surface area (Å²) in [4.78, 5) is 8.66. The number of nitrogens with one attached hydrogen (secondary N) is 2. The second kappa shape index (κ2) is 11.0. The molecule has 0 saturated heterocycles. The second-order valence-corrected chi connectivity index (χ2v) is 5.39. The second-order valence-electron chi connectivity index (χ2n) is 5.39. The quantitative estimate of drug-likeness (QED) is 0.375. The van der Waals surface area contributed by atoms with Crippen LogP contribution in [0.4, 0.5) is 13.2 Å². The number of alkyl halides is 3. The van der Waals surface area contributed by atoms with Crippen LogP contribution < -0.4 is 10.6 Å². The SMILES string of the molecule is CCNC(=NCc1ccccn1)NCCc1ccc(C(F)(F)F)cc1.I. The third-order valence-corrected chi connectivity index (χ3v) is 3.46. The molecule has 8 heteroatoms. The molecule has 0 spiro atoms. The molecular formula is C18H22F3IN4. The summed E-state index contributed by atoms with van der Waals surface area (Å²) in [5, 5.41) is 6.30. The molecule has 0 amide bonds. The van der Waals surface area contributed by atoms with Gasteiger partial charge in [-0.1, -0.05) is 18.2 Å². The minimum atomic E-state index is -4.30. The van der Waals surface area contributed by atoms with E-state index >= 15 is 0 Å². The molecule has 0 unspecified atom stereocenters. The predicted molar refractivity (Wildman–Crippen MR) is 108 cm³/mol. The maximum Gasteiger partial charge on any atom is 0.416 e. The van der Waals surface area contributed by atoms with Gasteiger partial charge in [-0.3, -0.25) is 4.98 Å². The first kappa shape index (κ1) is 22.2. The Hall–Kier alpha value is -1.84. The van der Waals surface area contributed by atoms with Crippen molar-refractivity contribution in [1.29, 1.82) is 0 Å². The van der Waals surface area contributed by atoms with Gasteiger partial charge in [0.25, 0.3) is 0 Å². The van der Waals surface area contributed by atoms with Gasteiger partial charge in [-0.25, -0.2) is 4.99 Å². The van der Waals surface area contributed by atoms with Gasteiger partial charge in [-0.05, 0) is 43.2 Å². The first-order valence-corrected chi connectivity index (χ1v) is 8.07. The molecule has 0 radical (unpaired) electrons. The van der Waals surface area contributed by atoms with Gasteiger partial charge < -0.3 is 10.6 Å². The van der Waals surface area contributed by atoms with E-state index in [1.165, 1.54) is 12.1 Å². The van der Waals surface area contributed by atoms with Crippen molar-refractivity contribution in [2.75, 3.05) is 13.1 Å². The van der Waals surface area contributed by atoms with E-state index in [0.717, 1.165) is 23.4 Å². The average Bonchev–Trinajstić information content (AvgIpc) is 2.60. The predicted octanol–water partition coefficient (Wildman–Crippen LogP) is 4.02. The van der Waals surface area contributed by atoms with Crippen molar-refractivity contribution < 1.29 is 13.2 Å². The Morgan fingerprint density at radius 2 is 1.81 bits per heavy atom. The maximum absolute atomic E-state index is 12.5. The highest BCUT2D eigenvalue weighted by atomic mass is 127. The fourth-order valence-corrected chi connectivity index (χ4v) is 2.18. The molecule has 0 bridgehead atoms. The maximum atomic E-state index is 12.5. The summed E-state index contributed by atoms with van der Waals surface area (Å²) in [6, 6.07) is 10.9. The molecule has 142 valence electrons. The average molecular weight is 478 g/mol. The molecule has 0 atom stereocenters. The highest BCUT2D eigenvalue weighted by molar-refractivity contribution is 14.0. The smallest absolute Gasteiger partial charge is 0.357 e. The van der Waals surface area contributed by atoms with Gasteiger partial charge in [0.2, 0.25) is 0 Å². The van der Waals surface area contributed by atoms with Crippen LogP contribution in [0.25, 0.3) is 0 Å². The van der Waals surface area contributed by atoms with Crippen molar-refractivity contribution in [3.05, 3.63) is 65.5 Å². The van der Waals surface area contributed by atoms with Gasteiger partial charge in [-0.15, -0.1) is 24.0 Å². The van der Waals surface area contributed by atoms with Crippen molar-refractivity contribution in [2.45, 2.75) is 26.1 Å². The van der Waals surface area contributed by atoms with Crippen LogP contribution in [-0.4, -0.2) is 24.0 Å². The number of nitrogens with zero attached hydrogens (tertiary/aromatic N) is 2. The number of pyridine rings is 1. The number of aliphatic imine (C=N–C) groups is 1. The molecule has 0 fully saturated rings. The lowest BCUT2D eigenvalue weighted by Crippen LogP contribution is -2.38. The Kier molecular flexibility index (Phi) is 9.39. The molecule has 2 N–H and O–H groups in total. The Morgan fingerprint density at radius 3 is 2.38 bits per heavy atom.